The highest BCUT2D eigenvalue weighted by atomic mass is 16.2. The highest BCUT2D eigenvalue weighted by Gasteiger charge is 2.24. The molecule has 0 bridgehead atoms. The van der Waals surface area contributed by atoms with Gasteiger partial charge < -0.3 is 4.90 Å². The van der Waals surface area contributed by atoms with Crippen molar-refractivity contribution >= 4 is 22.6 Å². The van der Waals surface area contributed by atoms with Crippen molar-refractivity contribution in [3.63, 3.8) is 0 Å². The predicted octanol–water partition coefficient (Wildman–Crippen LogP) is 4.93. The topological polar surface area (TPSA) is 38.1 Å². The van der Waals surface area contributed by atoms with Crippen LogP contribution in [0.5, 0.6) is 0 Å². The van der Waals surface area contributed by atoms with Gasteiger partial charge in [-0.2, -0.15) is 0 Å². The van der Waals surface area contributed by atoms with Gasteiger partial charge in [0.05, 0.1) is 11.0 Å². The van der Waals surface area contributed by atoms with Crippen molar-refractivity contribution in [2.45, 2.75) is 19.8 Å². The molecule has 0 aliphatic carbocycles. The highest BCUT2D eigenvalue weighted by molar-refractivity contribution is 6.08. The van der Waals surface area contributed by atoms with E-state index < -0.39 is 0 Å². The Morgan fingerprint density at radius 3 is 2.61 bits per heavy atom. The van der Waals surface area contributed by atoms with E-state index in [0.717, 1.165) is 47.6 Å². The van der Waals surface area contributed by atoms with Crippen LogP contribution in [0, 0.1) is 6.92 Å². The molecule has 0 saturated carbocycles. The van der Waals surface area contributed by atoms with Crippen molar-refractivity contribution in [3.05, 3.63) is 89.7 Å². The van der Waals surface area contributed by atoms with Crippen LogP contribution in [0.1, 0.15) is 28.2 Å². The Labute approximate surface area is 164 Å². The third-order valence-corrected chi connectivity index (χ3v) is 5.44. The Morgan fingerprint density at radius 2 is 1.75 bits per heavy atom. The summed E-state index contributed by atoms with van der Waals surface area (Å²) in [5.74, 6) is 0.954. The number of aryl methyl sites for hydroxylation is 2. The zero-order valence-corrected chi connectivity index (χ0v) is 15.8. The first-order chi connectivity index (χ1) is 13.7. The Kier molecular flexibility index (Phi) is 3.97. The normalized spacial score (nSPS) is 13.5. The van der Waals surface area contributed by atoms with Gasteiger partial charge >= 0.3 is 0 Å². The zero-order valence-electron chi connectivity index (χ0n) is 15.8. The summed E-state index contributed by atoms with van der Waals surface area (Å²) in [6.07, 6.45) is 2.02. The molecule has 4 aromatic rings. The number of carbonyl (C=O) groups excluding carboxylic acids is 1. The van der Waals surface area contributed by atoms with Crippen LogP contribution in [0.3, 0.4) is 0 Å². The van der Waals surface area contributed by atoms with E-state index in [1.54, 1.807) is 0 Å². The molecule has 28 heavy (non-hydrogen) atoms. The van der Waals surface area contributed by atoms with Gasteiger partial charge in [0.25, 0.3) is 5.91 Å². The van der Waals surface area contributed by atoms with Crippen molar-refractivity contribution < 1.29 is 4.79 Å². The minimum Gasteiger partial charge on any atom is -0.308 e. The number of rotatable bonds is 2. The van der Waals surface area contributed by atoms with Crippen molar-refractivity contribution in [1.29, 1.82) is 0 Å². The lowest BCUT2D eigenvalue weighted by Gasteiger charge is -2.29. The van der Waals surface area contributed by atoms with Gasteiger partial charge in [-0.05, 0) is 61.7 Å². The molecule has 0 radical (unpaired) electrons. The van der Waals surface area contributed by atoms with E-state index in [9.17, 15) is 4.79 Å². The quantitative estimate of drug-likeness (QED) is 0.504. The molecular weight excluding hydrogens is 346 g/mol. The number of benzene rings is 3. The van der Waals surface area contributed by atoms with Crippen LogP contribution in [0.15, 0.2) is 72.8 Å². The molecular formula is C24H21N3O. The van der Waals surface area contributed by atoms with E-state index in [-0.39, 0.29) is 5.91 Å². The Morgan fingerprint density at radius 1 is 0.964 bits per heavy atom. The van der Waals surface area contributed by atoms with Crippen molar-refractivity contribution in [1.82, 2.24) is 9.55 Å². The summed E-state index contributed by atoms with van der Waals surface area (Å²) in [6.45, 7) is 2.75. The Hall–Kier alpha value is -3.40. The fourth-order valence-corrected chi connectivity index (χ4v) is 4.14. The van der Waals surface area contributed by atoms with Crippen LogP contribution in [-0.4, -0.2) is 22.0 Å². The van der Waals surface area contributed by atoms with E-state index >= 15 is 0 Å². The average Bonchev–Trinajstić information content (AvgIpc) is 3.08. The molecule has 0 fully saturated rings. The van der Waals surface area contributed by atoms with Gasteiger partial charge in [-0.15, -0.1) is 0 Å². The molecule has 0 spiro atoms. The lowest BCUT2D eigenvalue weighted by molar-refractivity contribution is 0.0985. The number of hydrogen-bond acceptors (Lipinski definition) is 2. The van der Waals surface area contributed by atoms with Crippen LogP contribution in [-0.2, 0) is 6.42 Å². The molecule has 1 aromatic heterocycles. The minimum atomic E-state index is 0.0426. The van der Waals surface area contributed by atoms with E-state index in [4.69, 9.17) is 4.98 Å². The third kappa shape index (κ3) is 2.69. The van der Waals surface area contributed by atoms with Gasteiger partial charge in [0, 0.05) is 23.5 Å². The number of para-hydroxylation sites is 2. The average molecular weight is 367 g/mol. The molecule has 0 N–H and O–H groups in total. The maximum absolute atomic E-state index is 13.3. The molecule has 0 saturated heterocycles. The second kappa shape index (κ2) is 6.64. The molecule has 4 nitrogen and oxygen atoms in total. The number of fused-ring (bicyclic) bond motifs is 2. The van der Waals surface area contributed by atoms with Gasteiger partial charge in [0.15, 0.2) is 0 Å². The smallest absolute Gasteiger partial charge is 0.258 e. The number of aromatic nitrogens is 2. The minimum absolute atomic E-state index is 0.0426. The number of nitrogens with zero attached hydrogens (tertiary/aromatic N) is 3. The summed E-state index contributed by atoms with van der Waals surface area (Å²) in [4.78, 5) is 19.9. The molecule has 1 amide bonds. The summed E-state index contributed by atoms with van der Waals surface area (Å²) in [7, 11) is 0. The fraction of sp³-hybridized carbons (Fsp3) is 0.167. The Balaban J connectivity index is 1.56. The van der Waals surface area contributed by atoms with Crippen LogP contribution >= 0.6 is 0 Å². The standard InChI is InChI=1S/C24H21N3O/c1-17-25-21-16-19(13-14-23(21)27(17)20-10-3-2-4-11-20)24(28)26-15-7-9-18-8-5-6-12-22(18)26/h2-6,8,10-14,16H,7,9,15H2,1H3. The summed E-state index contributed by atoms with van der Waals surface area (Å²) in [6, 6.07) is 24.2. The Bertz CT molecular complexity index is 1180. The van der Waals surface area contributed by atoms with E-state index in [1.165, 1.54) is 5.56 Å². The van der Waals surface area contributed by atoms with Crippen LogP contribution in [0.25, 0.3) is 16.7 Å². The number of anilines is 1. The largest absolute Gasteiger partial charge is 0.308 e. The van der Waals surface area contributed by atoms with Gasteiger partial charge in [0.1, 0.15) is 5.82 Å². The summed E-state index contributed by atoms with van der Waals surface area (Å²) < 4.78 is 2.12. The van der Waals surface area contributed by atoms with E-state index in [1.807, 2.05) is 66.4 Å². The molecule has 1 aliphatic rings. The molecule has 138 valence electrons. The van der Waals surface area contributed by atoms with Gasteiger partial charge in [-0.3, -0.25) is 9.36 Å². The monoisotopic (exact) mass is 367 g/mol. The second-order valence-electron chi connectivity index (χ2n) is 7.22. The van der Waals surface area contributed by atoms with Crippen molar-refractivity contribution in [2.75, 3.05) is 11.4 Å². The maximum Gasteiger partial charge on any atom is 0.258 e. The first kappa shape index (κ1) is 16.8. The first-order valence-electron chi connectivity index (χ1n) is 9.67. The summed E-state index contributed by atoms with van der Waals surface area (Å²) in [5, 5.41) is 0. The highest BCUT2D eigenvalue weighted by Crippen LogP contribution is 2.29. The SMILES string of the molecule is Cc1nc2cc(C(=O)N3CCCc4ccccc43)ccc2n1-c1ccccc1. The lowest BCUT2D eigenvalue weighted by atomic mass is 10.0. The van der Waals surface area contributed by atoms with Crippen LogP contribution in [0.2, 0.25) is 0 Å². The molecule has 2 heterocycles. The zero-order chi connectivity index (χ0) is 19.1. The summed E-state index contributed by atoms with van der Waals surface area (Å²) >= 11 is 0. The predicted molar refractivity (Wildman–Crippen MR) is 112 cm³/mol. The van der Waals surface area contributed by atoms with E-state index in [2.05, 4.69) is 22.8 Å². The number of hydrogen-bond donors (Lipinski definition) is 0. The molecule has 0 atom stereocenters. The lowest BCUT2D eigenvalue weighted by Crippen LogP contribution is -2.35. The van der Waals surface area contributed by atoms with Gasteiger partial charge in [-0.25, -0.2) is 4.98 Å². The van der Waals surface area contributed by atoms with Crippen molar-refractivity contribution in [3.8, 4) is 5.69 Å². The number of carbonyl (C=O) groups is 1. The first-order valence-corrected chi connectivity index (χ1v) is 9.67. The van der Waals surface area contributed by atoms with Crippen LogP contribution < -0.4 is 4.90 Å². The van der Waals surface area contributed by atoms with E-state index in [0.29, 0.717) is 5.56 Å². The number of amides is 1. The van der Waals surface area contributed by atoms with Crippen LogP contribution in [0.4, 0.5) is 5.69 Å². The number of imidazole rings is 1. The molecule has 3 aromatic carbocycles. The van der Waals surface area contributed by atoms with Crippen molar-refractivity contribution in [2.24, 2.45) is 0 Å². The molecule has 1 aliphatic heterocycles. The van der Waals surface area contributed by atoms with Gasteiger partial charge in [0.2, 0.25) is 0 Å². The molecule has 5 rings (SSSR count). The van der Waals surface area contributed by atoms with Gasteiger partial charge in [-0.1, -0.05) is 36.4 Å². The summed E-state index contributed by atoms with van der Waals surface area (Å²) in [5.41, 5.74) is 5.89. The third-order valence-electron chi connectivity index (χ3n) is 5.44. The second-order valence-corrected chi connectivity index (χ2v) is 7.22. The molecule has 0 unspecified atom stereocenters. The maximum atomic E-state index is 13.3. The fourth-order valence-electron chi connectivity index (χ4n) is 4.14. The molecule has 4 heteroatoms.